The average Bonchev–Trinajstić information content (AvgIpc) is 3.04. The number of likely N-dealkylation sites (tertiary alicyclic amines) is 1. The molecule has 3 amide bonds. The lowest BCUT2D eigenvalue weighted by Crippen LogP contribution is -2.47. The van der Waals surface area contributed by atoms with Crippen LogP contribution >= 0.6 is 0 Å². The summed E-state index contributed by atoms with van der Waals surface area (Å²) in [5.74, 6) is -0.892. The minimum atomic E-state index is -0.825. The lowest BCUT2D eigenvalue weighted by Gasteiger charge is -2.32. The van der Waals surface area contributed by atoms with E-state index in [1.165, 1.54) is 11.0 Å². The van der Waals surface area contributed by atoms with Crippen LogP contribution in [0.15, 0.2) is 34.7 Å². The number of urea groups is 1. The maximum atomic E-state index is 13.6. The van der Waals surface area contributed by atoms with Crippen molar-refractivity contribution in [2.45, 2.75) is 25.8 Å². The van der Waals surface area contributed by atoms with Crippen LogP contribution in [0, 0.1) is 18.6 Å². The predicted molar refractivity (Wildman–Crippen MR) is 90.9 cm³/mol. The molecule has 0 bridgehead atoms. The van der Waals surface area contributed by atoms with Gasteiger partial charge in [-0.1, -0.05) is 0 Å². The molecule has 2 heterocycles. The molecule has 1 aromatic carbocycles. The largest absolute Gasteiger partial charge is 0.456 e. The number of amides is 3. The Kier molecular flexibility index (Phi) is 5.20. The molecule has 0 spiro atoms. The maximum Gasteiger partial charge on any atom is 0.321 e. The second-order valence-electron chi connectivity index (χ2n) is 6.20. The van der Waals surface area contributed by atoms with E-state index in [2.05, 4.69) is 10.6 Å². The number of furan rings is 1. The summed E-state index contributed by atoms with van der Waals surface area (Å²) < 4.78 is 31.8. The van der Waals surface area contributed by atoms with E-state index >= 15 is 0 Å². The molecule has 2 aromatic rings. The first kappa shape index (κ1) is 17.9. The zero-order valence-electron chi connectivity index (χ0n) is 14.2. The number of hydrogen-bond acceptors (Lipinski definition) is 3. The smallest absolute Gasteiger partial charge is 0.321 e. The highest BCUT2D eigenvalue weighted by molar-refractivity contribution is 5.92. The van der Waals surface area contributed by atoms with Crippen LogP contribution in [-0.4, -0.2) is 36.0 Å². The van der Waals surface area contributed by atoms with E-state index < -0.39 is 17.7 Å². The topological polar surface area (TPSA) is 74.6 Å². The number of anilines is 1. The van der Waals surface area contributed by atoms with Gasteiger partial charge in [0.2, 0.25) is 0 Å². The van der Waals surface area contributed by atoms with Crippen molar-refractivity contribution in [2.24, 2.45) is 0 Å². The SMILES string of the molecule is Cc1ccc(C(=O)NC2CCN(C(=O)Nc3ccc(F)cc3F)CC2)o1. The minimum absolute atomic E-state index is 0.0694. The zero-order valence-corrected chi connectivity index (χ0v) is 14.2. The Bertz CT molecular complexity index is 814. The standard InChI is InChI=1S/C18H19F2N3O3/c1-11-2-5-16(26-11)17(24)21-13-6-8-23(9-7-13)18(25)22-15-4-3-12(19)10-14(15)20/h2-5,10,13H,6-9H2,1H3,(H,21,24)(H,22,25). The molecule has 1 fully saturated rings. The second kappa shape index (κ2) is 7.55. The maximum absolute atomic E-state index is 13.6. The van der Waals surface area contributed by atoms with Gasteiger partial charge in [-0.15, -0.1) is 0 Å². The number of piperidine rings is 1. The molecule has 0 atom stereocenters. The molecule has 26 heavy (non-hydrogen) atoms. The summed E-state index contributed by atoms with van der Waals surface area (Å²) >= 11 is 0. The summed E-state index contributed by atoms with van der Waals surface area (Å²) in [7, 11) is 0. The highest BCUT2D eigenvalue weighted by Crippen LogP contribution is 2.18. The van der Waals surface area contributed by atoms with Crippen LogP contribution in [0.4, 0.5) is 19.3 Å². The zero-order chi connectivity index (χ0) is 18.7. The number of carbonyl (C=O) groups is 2. The molecular weight excluding hydrogens is 344 g/mol. The number of hydrogen-bond donors (Lipinski definition) is 2. The van der Waals surface area contributed by atoms with Crippen molar-refractivity contribution in [1.82, 2.24) is 10.2 Å². The molecule has 2 N–H and O–H groups in total. The van der Waals surface area contributed by atoms with E-state index in [1.54, 1.807) is 19.1 Å². The van der Waals surface area contributed by atoms with Crippen LogP contribution < -0.4 is 10.6 Å². The fourth-order valence-corrected chi connectivity index (χ4v) is 2.83. The van der Waals surface area contributed by atoms with Crippen molar-refractivity contribution in [3.05, 3.63) is 53.5 Å². The minimum Gasteiger partial charge on any atom is -0.456 e. The Balaban J connectivity index is 1.50. The number of benzene rings is 1. The number of nitrogens with zero attached hydrogens (tertiary/aromatic N) is 1. The monoisotopic (exact) mass is 363 g/mol. The van der Waals surface area contributed by atoms with Crippen LogP contribution in [0.25, 0.3) is 0 Å². The summed E-state index contributed by atoms with van der Waals surface area (Å²) in [5.41, 5.74) is -0.0694. The number of halogens is 2. The summed E-state index contributed by atoms with van der Waals surface area (Å²) in [6.07, 6.45) is 1.15. The Morgan fingerprint density at radius 3 is 2.50 bits per heavy atom. The molecule has 6 nitrogen and oxygen atoms in total. The Morgan fingerprint density at radius 1 is 1.15 bits per heavy atom. The van der Waals surface area contributed by atoms with Gasteiger partial charge in [-0.25, -0.2) is 13.6 Å². The van der Waals surface area contributed by atoms with E-state index in [4.69, 9.17) is 4.42 Å². The molecule has 1 aliphatic heterocycles. The fourth-order valence-electron chi connectivity index (χ4n) is 2.83. The quantitative estimate of drug-likeness (QED) is 0.879. The van der Waals surface area contributed by atoms with E-state index in [9.17, 15) is 18.4 Å². The molecule has 0 unspecified atom stereocenters. The van der Waals surface area contributed by atoms with Gasteiger partial charge in [0.1, 0.15) is 17.4 Å². The highest BCUT2D eigenvalue weighted by Gasteiger charge is 2.25. The second-order valence-corrected chi connectivity index (χ2v) is 6.20. The first-order valence-corrected chi connectivity index (χ1v) is 8.30. The van der Waals surface area contributed by atoms with Gasteiger partial charge in [0.05, 0.1) is 5.69 Å². The summed E-state index contributed by atoms with van der Waals surface area (Å²) in [4.78, 5) is 25.8. The molecule has 1 aromatic heterocycles. The van der Waals surface area contributed by atoms with Crippen LogP contribution in [-0.2, 0) is 0 Å². The highest BCUT2D eigenvalue weighted by atomic mass is 19.1. The lowest BCUT2D eigenvalue weighted by molar-refractivity contribution is 0.0890. The molecule has 0 radical (unpaired) electrons. The van der Waals surface area contributed by atoms with E-state index in [0.29, 0.717) is 37.8 Å². The fraction of sp³-hybridized carbons (Fsp3) is 0.333. The van der Waals surface area contributed by atoms with Crippen LogP contribution in [0.3, 0.4) is 0 Å². The third-order valence-corrected chi connectivity index (χ3v) is 4.25. The summed E-state index contributed by atoms with van der Waals surface area (Å²) in [5, 5.41) is 5.31. The van der Waals surface area contributed by atoms with Gasteiger partial charge >= 0.3 is 6.03 Å². The van der Waals surface area contributed by atoms with Gasteiger partial charge in [0, 0.05) is 25.2 Å². The molecule has 1 aliphatic rings. The van der Waals surface area contributed by atoms with Crippen LogP contribution in [0.2, 0.25) is 0 Å². The van der Waals surface area contributed by atoms with Gasteiger partial charge < -0.3 is 20.0 Å². The first-order valence-electron chi connectivity index (χ1n) is 8.30. The first-order chi connectivity index (χ1) is 12.4. The normalized spacial score (nSPS) is 15.0. The van der Waals surface area contributed by atoms with Gasteiger partial charge in [0.15, 0.2) is 5.76 Å². The summed E-state index contributed by atoms with van der Waals surface area (Å²) in [6, 6.07) is 5.79. The van der Waals surface area contributed by atoms with Crippen molar-refractivity contribution in [2.75, 3.05) is 18.4 Å². The Morgan fingerprint density at radius 2 is 1.88 bits per heavy atom. The van der Waals surface area contributed by atoms with Crippen molar-refractivity contribution >= 4 is 17.6 Å². The molecule has 1 saturated heterocycles. The number of nitrogens with one attached hydrogen (secondary N) is 2. The summed E-state index contributed by atoms with van der Waals surface area (Å²) in [6.45, 7) is 2.59. The predicted octanol–water partition coefficient (Wildman–Crippen LogP) is 3.29. The van der Waals surface area contributed by atoms with E-state index in [-0.39, 0.29) is 23.4 Å². The Labute approximate surface area is 149 Å². The average molecular weight is 363 g/mol. The van der Waals surface area contributed by atoms with Crippen molar-refractivity contribution in [3.8, 4) is 0 Å². The number of carbonyl (C=O) groups excluding carboxylic acids is 2. The molecule has 0 saturated carbocycles. The van der Waals surface area contributed by atoms with Gasteiger partial charge in [-0.3, -0.25) is 4.79 Å². The molecule has 0 aliphatic carbocycles. The van der Waals surface area contributed by atoms with E-state index in [1.807, 2.05) is 0 Å². The molecule has 3 rings (SSSR count). The van der Waals surface area contributed by atoms with Gasteiger partial charge in [0.25, 0.3) is 5.91 Å². The molecular formula is C18H19F2N3O3. The lowest BCUT2D eigenvalue weighted by atomic mass is 10.1. The number of aryl methyl sites for hydroxylation is 1. The van der Waals surface area contributed by atoms with Gasteiger partial charge in [-0.2, -0.15) is 0 Å². The van der Waals surface area contributed by atoms with Crippen molar-refractivity contribution in [1.29, 1.82) is 0 Å². The Hall–Kier alpha value is -2.90. The van der Waals surface area contributed by atoms with Crippen LogP contribution in [0.1, 0.15) is 29.2 Å². The third-order valence-electron chi connectivity index (χ3n) is 4.25. The molecule has 8 heteroatoms. The van der Waals surface area contributed by atoms with Crippen LogP contribution in [0.5, 0.6) is 0 Å². The van der Waals surface area contributed by atoms with Crippen molar-refractivity contribution < 1.29 is 22.8 Å². The number of rotatable bonds is 3. The van der Waals surface area contributed by atoms with E-state index in [0.717, 1.165) is 6.07 Å². The van der Waals surface area contributed by atoms with Crippen molar-refractivity contribution in [3.63, 3.8) is 0 Å². The van der Waals surface area contributed by atoms with Gasteiger partial charge in [-0.05, 0) is 44.0 Å². The molecule has 138 valence electrons. The third kappa shape index (κ3) is 4.19.